The molecule has 0 spiro atoms. The summed E-state index contributed by atoms with van der Waals surface area (Å²) in [5, 5.41) is 6.66. The largest absolute Gasteiger partial charge is 0.497 e. The average Bonchev–Trinajstić information content (AvgIpc) is 3.20. The summed E-state index contributed by atoms with van der Waals surface area (Å²) in [4.78, 5) is 28.5. The lowest BCUT2D eigenvalue weighted by Gasteiger charge is -2.08. The molecule has 3 aromatic rings. The molecule has 156 valence electrons. The van der Waals surface area contributed by atoms with Crippen LogP contribution in [0.3, 0.4) is 0 Å². The summed E-state index contributed by atoms with van der Waals surface area (Å²) >= 11 is 0.995. The van der Waals surface area contributed by atoms with Crippen molar-refractivity contribution in [2.75, 3.05) is 12.4 Å². The van der Waals surface area contributed by atoms with Gasteiger partial charge >= 0.3 is 6.18 Å². The van der Waals surface area contributed by atoms with Crippen molar-refractivity contribution in [3.05, 3.63) is 76.3 Å². The molecule has 0 aliphatic carbocycles. The minimum Gasteiger partial charge on any atom is -0.497 e. The summed E-state index contributed by atoms with van der Waals surface area (Å²) in [5.74, 6) is -0.493. The number of anilines is 1. The number of halogens is 3. The van der Waals surface area contributed by atoms with E-state index in [9.17, 15) is 22.8 Å². The third kappa shape index (κ3) is 5.35. The number of carbonyl (C=O) groups excluding carboxylic acids is 2. The number of carbonyl (C=O) groups is 2. The fraction of sp³-hybridized carbons (Fsp3) is 0.150. The SMILES string of the molecule is COc1ccc(CNC(=O)c2csc(NC(=O)c3cccc(C(F)(F)F)c3)n2)cc1. The average molecular weight is 435 g/mol. The molecule has 1 aromatic heterocycles. The van der Waals surface area contributed by atoms with Crippen LogP contribution in [-0.2, 0) is 12.7 Å². The minimum atomic E-state index is -4.55. The molecule has 0 aliphatic heterocycles. The van der Waals surface area contributed by atoms with Crippen molar-refractivity contribution in [3.8, 4) is 5.75 Å². The maximum atomic E-state index is 12.8. The second kappa shape index (κ2) is 8.95. The minimum absolute atomic E-state index is 0.0906. The Bertz CT molecular complexity index is 1050. The highest BCUT2D eigenvalue weighted by Crippen LogP contribution is 2.29. The van der Waals surface area contributed by atoms with Gasteiger partial charge in [0.25, 0.3) is 11.8 Å². The number of alkyl halides is 3. The number of methoxy groups -OCH3 is 1. The number of rotatable bonds is 6. The zero-order valence-corrected chi connectivity index (χ0v) is 16.4. The summed E-state index contributed by atoms with van der Waals surface area (Å²) in [6.45, 7) is 0.270. The van der Waals surface area contributed by atoms with Gasteiger partial charge in [-0.2, -0.15) is 13.2 Å². The van der Waals surface area contributed by atoms with Crippen molar-refractivity contribution in [2.24, 2.45) is 0 Å². The van der Waals surface area contributed by atoms with Crippen LogP contribution in [0.4, 0.5) is 18.3 Å². The second-order valence-electron chi connectivity index (χ2n) is 6.10. The molecule has 2 amide bonds. The van der Waals surface area contributed by atoms with E-state index in [0.29, 0.717) is 5.75 Å². The Balaban J connectivity index is 1.60. The van der Waals surface area contributed by atoms with Gasteiger partial charge in [0, 0.05) is 17.5 Å². The van der Waals surface area contributed by atoms with E-state index in [0.717, 1.165) is 35.1 Å². The van der Waals surface area contributed by atoms with E-state index in [1.807, 2.05) is 0 Å². The first-order valence-electron chi connectivity index (χ1n) is 8.61. The van der Waals surface area contributed by atoms with Crippen molar-refractivity contribution >= 4 is 28.3 Å². The molecule has 2 N–H and O–H groups in total. The maximum Gasteiger partial charge on any atom is 0.416 e. The Morgan fingerprint density at radius 1 is 1.10 bits per heavy atom. The predicted molar refractivity (Wildman–Crippen MR) is 106 cm³/mol. The number of nitrogens with one attached hydrogen (secondary N) is 2. The molecule has 0 bridgehead atoms. The molecule has 0 fully saturated rings. The number of hydrogen-bond donors (Lipinski definition) is 2. The van der Waals surface area contributed by atoms with Crippen molar-refractivity contribution in [3.63, 3.8) is 0 Å². The van der Waals surface area contributed by atoms with Gasteiger partial charge in [0.1, 0.15) is 11.4 Å². The highest BCUT2D eigenvalue weighted by atomic mass is 32.1. The normalized spacial score (nSPS) is 11.1. The Morgan fingerprint density at radius 3 is 2.50 bits per heavy atom. The number of ether oxygens (including phenoxy) is 1. The van der Waals surface area contributed by atoms with E-state index in [4.69, 9.17) is 4.74 Å². The van der Waals surface area contributed by atoms with Crippen LogP contribution < -0.4 is 15.4 Å². The van der Waals surface area contributed by atoms with E-state index < -0.39 is 23.6 Å². The number of amides is 2. The fourth-order valence-corrected chi connectivity index (χ4v) is 3.14. The van der Waals surface area contributed by atoms with Crippen LogP contribution in [0.1, 0.15) is 32.0 Å². The maximum absolute atomic E-state index is 12.8. The van der Waals surface area contributed by atoms with Crippen LogP contribution >= 0.6 is 11.3 Å². The molecule has 0 unspecified atom stereocenters. The van der Waals surface area contributed by atoms with Gasteiger partial charge in [-0.3, -0.25) is 14.9 Å². The highest BCUT2D eigenvalue weighted by Gasteiger charge is 2.31. The molecule has 6 nitrogen and oxygen atoms in total. The van der Waals surface area contributed by atoms with Crippen LogP contribution in [0.5, 0.6) is 5.75 Å². The molecule has 1 heterocycles. The Hall–Kier alpha value is -3.40. The van der Waals surface area contributed by atoms with Gasteiger partial charge < -0.3 is 10.1 Å². The number of thiazole rings is 1. The monoisotopic (exact) mass is 435 g/mol. The van der Waals surface area contributed by atoms with Gasteiger partial charge in [0.2, 0.25) is 0 Å². The zero-order chi connectivity index (χ0) is 21.7. The molecule has 0 aliphatic rings. The molecular weight excluding hydrogens is 419 g/mol. The van der Waals surface area contributed by atoms with Crippen molar-refractivity contribution < 1.29 is 27.5 Å². The zero-order valence-electron chi connectivity index (χ0n) is 15.6. The molecule has 0 radical (unpaired) electrons. The quantitative estimate of drug-likeness (QED) is 0.603. The third-order valence-electron chi connectivity index (χ3n) is 4.02. The summed E-state index contributed by atoms with van der Waals surface area (Å²) < 4.78 is 43.4. The van der Waals surface area contributed by atoms with Gasteiger partial charge in [-0.05, 0) is 35.9 Å². The smallest absolute Gasteiger partial charge is 0.416 e. The van der Waals surface area contributed by atoms with Crippen molar-refractivity contribution in [1.82, 2.24) is 10.3 Å². The Morgan fingerprint density at radius 2 is 1.83 bits per heavy atom. The van der Waals surface area contributed by atoms with Gasteiger partial charge in [0.05, 0.1) is 12.7 Å². The molecule has 0 saturated heterocycles. The first-order chi connectivity index (χ1) is 14.3. The van der Waals surface area contributed by atoms with Crippen LogP contribution in [0.2, 0.25) is 0 Å². The summed E-state index contributed by atoms with van der Waals surface area (Å²) in [5.41, 5.74) is -0.135. The summed E-state index contributed by atoms with van der Waals surface area (Å²) in [6.07, 6.45) is -4.55. The lowest BCUT2D eigenvalue weighted by Crippen LogP contribution is -2.23. The second-order valence-corrected chi connectivity index (χ2v) is 6.96. The van der Waals surface area contributed by atoms with Gasteiger partial charge in [0.15, 0.2) is 5.13 Å². The van der Waals surface area contributed by atoms with Crippen LogP contribution in [0.15, 0.2) is 53.9 Å². The number of nitrogens with zero attached hydrogens (tertiary/aromatic N) is 1. The molecule has 2 aromatic carbocycles. The number of aromatic nitrogens is 1. The number of benzene rings is 2. The first kappa shape index (κ1) is 21.3. The van der Waals surface area contributed by atoms with E-state index in [-0.39, 0.29) is 22.9 Å². The van der Waals surface area contributed by atoms with Crippen molar-refractivity contribution in [2.45, 2.75) is 12.7 Å². The van der Waals surface area contributed by atoms with E-state index in [1.54, 1.807) is 31.4 Å². The van der Waals surface area contributed by atoms with E-state index in [1.165, 1.54) is 11.4 Å². The summed E-state index contributed by atoms with van der Waals surface area (Å²) in [7, 11) is 1.56. The fourth-order valence-electron chi connectivity index (χ4n) is 2.46. The molecule has 0 saturated carbocycles. The number of hydrogen-bond acceptors (Lipinski definition) is 5. The topological polar surface area (TPSA) is 80.3 Å². The van der Waals surface area contributed by atoms with Crippen LogP contribution in [0.25, 0.3) is 0 Å². The lowest BCUT2D eigenvalue weighted by atomic mass is 10.1. The van der Waals surface area contributed by atoms with Gasteiger partial charge in [-0.15, -0.1) is 11.3 Å². The van der Waals surface area contributed by atoms with Crippen molar-refractivity contribution in [1.29, 1.82) is 0 Å². The molecule has 30 heavy (non-hydrogen) atoms. The highest BCUT2D eigenvalue weighted by molar-refractivity contribution is 7.14. The van der Waals surface area contributed by atoms with Crippen LogP contribution in [0, 0.1) is 0 Å². The first-order valence-corrected chi connectivity index (χ1v) is 9.49. The molecular formula is C20H16F3N3O3S. The molecule has 10 heteroatoms. The van der Waals surface area contributed by atoms with E-state index in [2.05, 4.69) is 15.6 Å². The summed E-state index contributed by atoms with van der Waals surface area (Å²) in [6, 6.07) is 11.2. The van der Waals surface area contributed by atoms with E-state index >= 15 is 0 Å². The van der Waals surface area contributed by atoms with Gasteiger partial charge in [-0.25, -0.2) is 4.98 Å². The lowest BCUT2D eigenvalue weighted by molar-refractivity contribution is -0.137. The third-order valence-corrected chi connectivity index (χ3v) is 4.78. The molecule has 0 atom stereocenters. The Labute approximate surface area is 173 Å². The Kier molecular flexibility index (Phi) is 6.36. The van der Waals surface area contributed by atoms with Crippen LogP contribution in [-0.4, -0.2) is 23.9 Å². The van der Waals surface area contributed by atoms with Gasteiger partial charge in [-0.1, -0.05) is 18.2 Å². The standard InChI is InChI=1S/C20H16F3N3O3S/c1-29-15-7-5-12(6-8-15)10-24-18(28)16-11-30-19(25-16)26-17(27)13-3-2-4-14(9-13)20(21,22)23/h2-9,11H,10H2,1H3,(H,24,28)(H,25,26,27). The molecule has 3 rings (SSSR count). The predicted octanol–water partition coefficient (Wildman–Crippen LogP) is 4.35.